The summed E-state index contributed by atoms with van der Waals surface area (Å²) in [5, 5.41) is 14.6. The Balaban J connectivity index is 1.95. The molecule has 0 N–H and O–H groups in total. The average molecular weight is 210 g/mol. The maximum atomic E-state index is 5.71. The van der Waals surface area contributed by atoms with Crippen LogP contribution < -0.4 is 9.84 Å². The predicted octanol–water partition coefficient (Wildman–Crippen LogP) is 1.06. The van der Waals surface area contributed by atoms with Crippen molar-refractivity contribution in [1.29, 1.82) is 0 Å². The van der Waals surface area contributed by atoms with Gasteiger partial charge in [0.2, 0.25) is 0 Å². The molecule has 6 heteroatoms. The third-order valence-electron chi connectivity index (χ3n) is 1.54. The van der Waals surface area contributed by atoms with Crippen molar-refractivity contribution in [2.24, 2.45) is 0 Å². The molecule has 72 valence electrons. The molecule has 0 saturated carbocycles. The highest BCUT2D eigenvalue weighted by Gasteiger charge is 1.93. The Kier molecular flexibility index (Phi) is 2.60. The Morgan fingerprint density at radius 2 is 2.07 bits per heavy atom. The van der Waals surface area contributed by atoms with Gasteiger partial charge < -0.3 is 9.84 Å². The zero-order valence-corrected chi connectivity index (χ0v) is 7.85. The van der Waals surface area contributed by atoms with Gasteiger partial charge in [0, 0.05) is 10.8 Å². The van der Waals surface area contributed by atoms with Gasteiger partial charge in [-0.2, -0.15) is 5.21 Å². The molecule has 0 spiro atoms. The fourth-order valence-corrected chi connectivity index (χ4v) is 1.03. The summed E-state index contributed by atoms with van der Waals surface area (Å²) in [6, 6.07) is 7.04. The fourth-order valence-electron chi connectivity index (χ4n) is 0.900. The molecule has 0 aliphatic carbocycles. The number of hydrogen-bond donors (Lipinski definition) is 0. The molecule has 0 unspecified atom stereocenters. The molecule has 1 heterocycles. The zero-order valence-electron chi connectivity index (χ0n) is 7.09. The molecule has 0 fully saturated rings. The van der Waals surface area contributed by atoms with Crippen LogP contribution >= 0.6 is 11.6 Å². The Morgan fingerprint density at radius 1 is 1.29 bits per heavy atom. The number of ether oxygens (including phenoxy) is 1. The Labute approximate surface area is 85.0 Å². The Hall–Kier alpha value is -1.62. The van der Waals surface area contributed by atoms with Gasteiger partial charge in [0.15, 0.2) is 0 Å². The van der Waals surface area contributed by atoms with Crippen LogP contribution in [0.5, 0.6) is 5.75 Å². The third kappa shape index (κ3) is 2.20. The standard InChI is InChI=1S/C8H6ClN4O/c9-6-1-3-7(4-2-6)14-5-8-10-12-13-11-8/h1-4H,5H2/q-1. The van der Waals surface area contributed by atoms with Gasteiger partial charge in [0.25, 0.3) is 0 Å². The highest BCUT2D eigenvalue weighted by Crippen LogP contribution is 2.15. The second-order valence-corrected chi connectivity index (χ2v) is 2.97. The van der Waals surface area contributed by atoms with Gasteiger partial charge in [-0.3, -0.25) is 10.3 Å². The summed E-state index contributed by atoms with van der Waals surface area (Å²) in [5.41, 5.74) is 0. The first-order chi connectivity index (χ1) is 6.84. The van der Waals surface area contributed by atoms with E-state index in [2.05, 4.69) is 20.6 Å². The number of tetrazole rings is 1. The minimum Gasteiger partial charge on any atom is -0.488 e. The first-order valence-corrected chi connectivity index (χ1v) is 4.28. The van der Waals surface area contributed by atoms with Crippen LogP contribution in [0.1, 0.15) is 5.82 Å². The summed E-state index contributed by atoms with van der Waals surface area (Å²) in [5.74, 6) is 1.17. The Bertz CT molecular complexity index is 386. The summed E-state index contributed by atoms with van der Waals surface area (Å²) in [4.78, 5) is 0. The molecule has 0 saturated heterocycles. The highest BCUT2D eigenvalue weighted by molar-refractivity contribution is 6.30. The molecule has 14 heavy (non-hydrogen) atoms. The minimum atomic E-state index is 0.259. The molecule has 0 aliphatic rings. The third-order valence-corrected chi connectivity index (χ3v) is 1.79. The maximum absolute atomic E-state index is 5.71. The Morgan fingerprint density at radius 3 is 2.71 bits per heavy atom. The SMILES string of the molecule is Clc1ccc(OCc2nnn[n-]2)cc1. The predicted molar refractivity (Wildman–Crippen MR) is 48.9 cm³/mol. The molecule has 5 nitrogen and oxygen atoms in total. The molecule has 0 aliphatic heterocycles. The monoisotopic (exact) mass is 209 g/mol. The number of hydrogen-bond acceptors (Lipinski definition) is 4. The summed E-state index contributed by atoms with van der Waals surface area (Å²) in [7, 11) is 0. The van der Waals surface area contributed by atoms with Gasteiger partial charge in [-0.25, -0.2) is 0 Å². The van der Waals surface area contributed by atoms with E-state index < -0.39 is 0 Å². The van der Waals surface area contributed by atoms with E-state index in [0.29, 0.717) is 16.6 Å². The molecule has 2 aromatic rings. The van der Waals surface area contributed by atoms with Crippen molar-refractivity contribution in [3.05, 3.63) is 35.1 Å². The number of rotatable bonds is 3. The molecular formula is C8H6ClN4O-. The highest BCUT2D eigenvalue weighted by atomic mass is 35.5. The van der Waals surface area contributed by atoms with E-state index in [9.17, 15) is 0 Å². The fraction of sp³-hybridized carbons (Fsp3) is 0.125. The lowest BCUT2D eigenvalue weighted by molar-refractivity contribution is 0.295. The summed E-state index contributed by atoms with van der Waals surface area (Å²) < 4.78 is 5.34. The van der Waals surface area contributed by atoms with Crippen LogP contribution in [0.4, 0.5) is 0 Å². The lowest BCUT2D eigenvalue weighted by atomic mass is 10.3. The van der Waals surface area contributed by atoms with E-state index >= 15 is 0 Å². The molecule has 0 radical (unpaired) electrons. The average Bonchev–Trinajstić information content (AvgIpc) is 2.70. The number of nitrogens with zero attached hydrogens (tertiary/aromatic N) is 4. The van der Waals surface area contributed by atoms with Gasteiger partial charge in [-0.05, 0) is 24.3 Å². The first-order valence-electron chi connectivity index (χ1n) is 3.90. The topological polar surface area (TPSA) is 62.0 Å². The molecular weight excluding hydrogens is 204 g/mol. The molecule has 1 aromatic carbocycles. The van der Waals surface area contributed by atoms with Gasteiger partial charge in [-0.1, -0.05) is 11.6 Å². The van der Waals surface area contributed by atoms with Crippen molar-refractivity contribution in [2.45, 2.75) is 6.61 Å². The van der Waals surface area contributed by atoms with Crippen molar-refractivity contribution in [2.75, 3.05) is 0 Å². The normalized spacial score (nSPS) is 10.1. The molecule has 1 aromatic heterocycles. The minimum absolute atomic E-state index is 0.259. The number of benzene rings is 1. The largest absolute Gasteiger partial charge is 0.488 e. The molecule has 0 bridgehead atoms. The van der Waals surface area contributed by atoms with E-state index in [1.54, 1.807) is 24.3 Å². The van der Waals surface area contributed by atoms with Crippen LogP contribution in [0.3, 0.4) is 0 Å². The second kappa shape index (κ2) is 4.06. The summed E-state index contributed by atoms with van der Waals surface area (Å²) in [6.07, 6.45) is 0. The van der Waals surface area contributed by atoms with Gasteiger partial charge >= 0.3 is 0 Å². The van der Waals surface area contributed by atoms with Gasteiger partial charge in [-0.15, -0.1) is 0 Å². The van der Waals surface area contributed by atoms with Crippen LogP contribution in [0.25, 0.3) is 0 Å². The van der Waals surface area contributed by atoms with E-state index in [1.165, 1.54) is 0 Å². The lowest BCUT2D eigenvalue weighted by Gasteiger charge is -2.04. The zero-order chi connectivity index (χ0) is 9.80. The lowest BCUT2D eigenvalue weighted by Crippen LogP contribution is -1.98. The van der Waals surface area contributed by atoms with Gasteiger partial charge in [0.05, 0.1) is 0 Å². The molecule has 2 rings (SSSR count). The van der Waals surface area contributed by atoms with E-state index in [-0.39, 0.29) is 6.61 Å². The van der Waals surface area contributed by atoms with Gasteiger partial charge in [0.1, 0.15) is 12.4 Å². The van der Waals surface area contributed by atoms with E-state index in [0.717, 1.165) is 0 Å². The molecule has 0 amide bonds. The summed E-state index contributed by atoms with van der Waals surface area (Å²) >= 11 is 5.71. The van der Waals surface area contributed by atoms with Crippen LogP contribution in [0.15, 0.2) is 24.3 Å². The van der Waals surface area contributed by atoms with E-state index in [4.69, 9.17) is 16.3 Å². The van der Waals surface area contributed by atoms with Crippen molar-refractivity contribution >= 4 is 11.6 Å². The maximum Gasteiger partial charge on any atom is 0.120 e. The van der Waals surface area contributed by atoms with Crippen LogP contribution in [-0.2, 0) is 6.61 Å². The van der Waals surface area contributed by atoms with Crippen LogP contribution in [0, 0.1) is 0 Å². The number of halogens is 1. The quantitative estimate of drug-likeness (QED) is 0.757. The van der Waals surface area contributed by atoms with Crippen molar-refractivity contribution in [3.63, 3.8) is 0 Å². The second-order valence-electron chi connectivity index (χ2n) is 2.54. The molecule has 0 atom stereocenters. The smallest absolute Gasteiger partial charge is 0.120 e. The summed E-state index contributed by atoms with van der Waals surface area (Å²) in [6.45, 7) is 0.259. The van der Waals surface area contributed by atoms with Crippen molar-refractivity contribution < 1.29 is 4.74 Å². The number of aromatic nitrogens is 4. The van der Waals surface area contributed by atoms with Crippen molar-refractivity contribution in [1.82, 2.24) is 20.6 Å². The van der Waals surface area contributed by atoms with E-state index in [1.807, 2.05) is 0 Å². The van der Waals surface area contributed by atoms with Crippen molar-refractivity contribution in [3.8, 4) is 5.75 Å². The first kappa shape index (κ1) is 8.96. The van der Waals surface area contributed by atoms with Crippen LogP contribution in [0.2, 0.25) is 5.02 Å². The van der Waals surface area contributed by atoms with Crippen LogP contribution in [-0.4, -0.2) is 15.5 Å².